The normalized spacial score (nSPS) is 13.5. The summed E-state index contributed by atoms with van der Waals surface area (Å²) in [6.07, 6.45) is 3.82. The number of thioether (sulfide) groups is 1. The Morgan fingerprint density at radius 3 is 2.55 bits per heavy atom. The Kier molecular flexibility index (Phi) is 4.30. The maximum Gasteiger partial charge on any atom is 0.230 e. The summed E-state index contributed by atoms with van der Waals surface area (Å²) in [6.45, 7) is 0. The largest absolute Gasteiger partial charge is 0.492 e. The van der Waals surface area contributed by atoms with E-state index in [2.05, 4.69) is 11.1 Å². The van der Waals surface area contributed by atoms with E-state index in [4.69, 9.17) is 0 Å². The number of aromatic nitrogens is 1. The van der Waals surface area contributed by atoms with E-state index >= 15 is 0 Å². The SMILES string of the molecule is N#Cc1c(O)nc(SCc2ccc(F)cc2)c2c1CCCC2. The van der Waals surface area contributed by atoms with Gasteiger partial charge in [0.25, 0.3) is 0 Å². The smallest absolute Gasteiger partial charge is 0.230 e. The van der Waals surface area contributed by atoms with Gasteiger partial charge in [-0.3, -0.25) is 0 Å². The average molecular weight is 314 g/mol. The quantitative estimate of drug-likeness (QED) is 0.871. The summed E-state index contributed by atoms with van der Waals surface area (Å²) < 4.78 is 12.9. The monoisotopic (exact) mass is 314 g/mol. The summed E-state index contributed by atoms with van der Waals surface area (Å²) in [7, 11) is 0. The van der Waals surface area contributed by atoms with Gasteiger partial charge in [-0.25, -0.2) is 9.37 Å². The molecule has 5 heteroatoms. The number of rotatable bonds is 3. The third kappa shape index (κ3) is 2.93. The molecule has 2 aromatic rings. The van der Waals surface area contributed by atoms with Gasteiger partial charge < -0.3 is 5.11 Å². The third-order valence-electron chi connectivity index (χ3n) is 3.86. The summed E-state index contributed by atoms with van der Waals surface area (Å²) >= 11 is 1.52. The summed E-state index contributed by atoms with van der Waals surface area (Å²) in [5.41, 5.74) is 3.36. The molecule has 0 saturated heterocycles. The molecule has 1 aliphatic rings. The molecule has 0 amide bonds. The molecule has 1 N–H and O–H groups in total. The first-order chi connectivity index (χ1) is 10.7. The zero-order valence-corrected chi connectivity index (χ0v) is 12.8. The predicted molar refractivity (Wildman–Crippen MR) is 83.2 cm³/mol. The lowest BCUT2D eigenvalue weighted by atomic mass is 9.90. The minimum atomic E-state index is -0.250. The van der Waals surface area contributed by atoms with Crippen LogP contribution in [0.25, 0.3) is 0 Å². The summed E-state index contributed by atoms with van der Waals surface area (Å²) in [5, 5.41) is 20.0. The van der Waals surface area contributed by atoms with E-state index in [9.17, 15) is 14.8 Å². The van der Waals surface area contributed by atoms with Gasteiger partial charge in [-0.1, -0.05) is 12.1 Å². The molecule has 3 rings (SSSR count). The molecule has 1 aromatic carbocycles. The first-order valence-corrected chi connectivity index (χ1v) is 8.19. The van der Waals surface area contributed by atoms with Gasteiger partial charge in [-0.15, -0.1) is 11.8 Å². The van der Waals surface area contributed by atoms with Crippen molar-refractivity contribution in [2.24, 2.45) is 0 Å². The Morgan fingerprint density at radius 2 is 1.86 bits per heavy atom. The van der Waals surface area contributed by atoms with Gasteiger partial charge in [0.2, 0.25) is 5.88 Å². The van der Waals surface area contributed by atoms with Crippen LogP contribution in [0.1, 0.15) is 35.1 Å². The average Bonchev–Trinajstić information content (AvgIpc) is 2.54. The molecular formula is C17H15FN2OS. The Bertz CT molecular complexity index is 738. The lowest BCUT2D eigenvalue weighted by Crippen LogP contribution is -2.09. The second-order valence-electron chi connectivity index (χ2n) is 5.31. The number of fused-ring (bicyclic) bond motifs is 1. The van der Waals surface area contributed by atoms with Crippen LogP contribution in [0.4, 0.5) is 4.39 Å². The van der Waals surface area contributed by atoms with Gasteiger partial charge in [0.15, 0.2) is 0 Å². The van der Waals surface area contributed by atoms with Crippen molar-refractivity contribution in [3.8, 4) is 11.9 Å². The fourth-order valence-electron chi connectivity index (χ4n) is 2.74. The highest BCUT2D eigenvalue weighted by Crippen LogP contribution is 2.36. The molecule has 1 aliphatic carbocycles. The van der Waals surface area contributed by atoms with E-state index in [1.165, 1.54) is 23.9 Å². The van der Waals surface area contributed by atoms with Gasteiger partial charge in [0.1, 0.15) is 22.5 Å². The Hall–Kier alpha value is -2.06. The molecule has 112 valence electrons. The Labute approximate surface area is 132 Å². The van der Waals surface area contributed by atoms with E-state index in [1.807, 2.05) is 0 Å². The van der Waals surface area contributed by atoms with Crippen LogP contribution in [-0.4, -0.2) is 10.1 Å². The van der Waals surface area contributed by atoms with Crippen LogP contribution in [-0.2, 0) is 18.6 Å². The van der Waals surface area contributed by atoms with E-state index < -0.39 is 0 Å². The summed E-state index contributed by atoms with van der Waals surface area (Å²) in [4.78, 5) is 4.21. The minimum Gasteiger partial charge on any atom is -0.492 e. The second kappa shape index (κ2) is 6.37. The zero-order valence-electron chi connectivity index (χ0n) is 12.0. The number of benzene rings is 1. The van der Waals surface area contributed by atoms with E-state index in [-0.39, 0.29) is 11.7 Å². The van der Waals surface area contributed by atoms with E-state index in [0.717, 1.165) is 47.4 Å². The first kappa shape index (κ1) is 14.9. The second-order valence-corrected chi connectivity index (χ2v) is 6.27. The first-order valence-electron chi connectivity index (χ1n) is 7.21. The fraction of sp³-hybridized carbons (Fsp3) is 0.294. The Morgan fingerprint density at radius 1 is 1.18 bits per heavy atom. The van der Waals surface area contributed by atoms with E-state index in [1.54, 1.807) is 12.1 Å². The molecule has 0 saturated carbocycles. The van der Waals surface area contributed by atoms with Crippen LogP contribution in [0.15, 0.2) is 29.3 Å². The number of hydrogen-bond donors (Lipinski definition) is 1. The molecule has 0 spiro atoms. The molecule has 1 heterocycles. The molecule has 0 fully saturated rings. The van der Waals surface area contributed by atoms with Crippen molar-refractivity contribution in [1.82, 2.24) is 4.98 Å². The van der Waals surface area contributed by atoms with Crippen LogP contribution in [0.2, 0.25) is 0 Å². The van der Waals surface area contributed by atoms with Crippen molar-refractivity contribution >= 4 is 11.8 Å². The van der Waals surface area contributed by atoms with Crippen molar-refractivity contribution in [2.75, 3.05) is 0 Å². The Balaban J connectivity index is 1.89. The topological polar surface area (TPSA) is 56.9 Å². The van der Waals surface area contributed by atoms with Crippen molar-refractivity contribution in [2.45, 2.75) is 36.5 Å². The molecule has 0 radical (unpaired) electrons. The van der Waals surface area contributed by atoms with Crippen molar-refractivity contribution in [3.05, 3.63) is 52.3 Å². The van der Waals surface area contributed by atoms with Gasteiger partial charge in [-0.2, -0.15) is 5.26 Å². The van der Waals surface area contributed by atoms with Gasteiger partial charge in [-0.05, 0) is 54.5 Å². The molecule has 1 aromatic heterocycles. The highest BCUT2D eigenvalue weighted by Gasteiger charge is 2.22. The number of hydrogen-bond acceptors (Lipinski definition) is 4. The summed E-state index contributed by atoms with van der Waals surface area (Å²) in [6, 6.07) is 8.44. The lowest BCUT2D eigenvalue weighted by molar-refractivity contribution is 0.442. The highest BCUT2D eigenvalue weighted by atomic mass is 32.2. The standard InChI is InChI=1S/C17H15FN2OS/c18-12-7-5-11(6-8-12)10-22-17-14-4-2-1-3-13(14)15(9-19)16(21)20-17/h5-8H,1-4,10H2,(H,20,21). The number of pyridine rings is 1. The number of nitrogens with zero attached hydrogens (tertiary/aromatic N) is 2. The number of halogens is 1. The van der Waals surface area contributed by atoms with Crippen LogP contribution < -0.4 is 0 Å². The van der Waals surface area contributed by atoms with Crippen molar-refractivity contribution < 1.29 is 9.50 Å². The highest BCUT2D eigenvalue weighted by molar-refractivity contribution is 7.98. The predicted octanol–water partition coefficient (Wildman–Crippen LogP) is 3.97. The van der Waals surface area contributed by atoms with Gasteiger partial charge >= 0.3 is 0 Å². The van der Waals surface area contributed by atoms with Gasteiger partial charge in [0.05, 0.1) is 0 Å². The summed E-state index contributed by atoms with van der Waals surface area (Å²) in [5.74, 6) is 0.232. The van der Waals surface area contributed by atoms with Crippen LogP contribution in [0.5, 0.6) is 5.88 Å². The molecule has 22 heavy (non-hydrogen) atoms. The molecule has 0 atom stereocenters. The minimum absolute atomic E-state index is 0.176. The van der Waals surface area contributed by atoms with Crippen molar-refractivity contribution in [1.29, 1.82) is 5.26 Å². The number of nitriles is 1. The zero-order chi connectivity index (χ0) is 15.5. The molecule has 0 aliphatic heterocycles. The maximum atomic E-state index is 12.9. The molecule has 0 bridgehead atoms. The van der Waals surface area contributed by atoms with Crippen LogP contribution in [0.3, 0.4) is 0 Å². The maximum absolute atomic E-state index is 12.9. The molecule has 3 nitrogen and oxygen atoms in total. The lowest BCUT2D eigenvalue weighted by Gasteiger charge is -2.20. The molecule has 0 unspecified atom stereocenters. The van der Waals surface area contributed by atoms with E-state index in [0.29, 0.717) is 11.3 Å². The fourth-order valence-corrected chi connectivity index (χ4v) is 3.79. The number of aromatic hydroxyl groups is 1. The van der Waals surface area contributed by atoms with Gasteiger partial charge in [0, 0.05) is 5.75 Å². The van der Waals surface area contributed by atoms with Crippen LogP contribution in [0, 0.1) is 17.1 Å². The van der Waals surface area contributed by atoms with Crippen molar-refractivity contribution in [3.63, 3.8) is 0 Å². The third-order valence-corrected chi connectivity index (χ3v) is 4.95. The van der Waals surface area contributed by atoms with Crippen LogP contribution >= 0.6 is 11.8 Å². The molecular weight excluding hydrogens is 299 g/mol.